The largest absolute Gasteiger partial charge is 0.370 e. The van der Waals surface area contributed by atoms with Gasteiger partial charge in [-0.15, -0.1) is 0 Å². The van der Waals surface area contributed by atoms with Crippen molar-refractivity contribution in [3.8, 4) is 0 Å². The second kappa shape index (κ2) is 12.9. The topological polar surface area (TPSA) is 228 Å². The van der Waals surface area contributed by atoms with Gasteiger partial charge in [-0.05, 0) is 24.5 Å². The summed E-state index contributed by atoms with van der Waals surface area (Å²) in [6, 6.07) is 3.38. The Bertz CT molecular complexity index is 921. The molecule has 0 heterocycles. The predicted molar refractivity (Wildman–Crippen MR) is 118 cm³/mol. The van der Waals surface area contributed by atoms with E-state index in [2.05, 4.69) is 10.6 Å². The first-order valence-electron chi connectivity index (χ1n) is 10.4. The highest BCUT2D eigenvalue weighted by molar-refractivity contribution is 5.98. The van der Waals surface area contributed by atoms with Gasteiger partial charge in [0.05, 0.1) is 6.42 Å². The number of benzene rings is 1. The third-order valence-electron chi connectivity index (χ3n) is 4.80. The van der Waals surface area contributed by atoms with Gasteiger partial charge in [0.25, 0.3) is 5.91 Å². The van der Waals surface area contributed by atoms with Crippen LogP contribution >= 0.6 is 0 Å². The molecule has 1 rings (SSSR count). The van der Waals surface area contributed by atoms with Crippen molar-refractivity contribution >= 4 is 35.4 Å². The lowest BCUT2D eigenvalue weighted by atomic mass is 10.0. The summed E-state index contributed by atoms with van der Waals surface area (Å²) in [5, 5.41) is 15.3. The van der Waals surface area contributed by atoms with Gasteiger partial charge in [-0.2, -0.15) is 0 Å². The summed E-state index contributed by atoms with van der Waals surface area (Å²) in [6.45, 7) is 3.17. The fraction of sp³-hybridized carbons (Fsp3) is 0.429. The molecule has 9 N–H and O–H groups in total. The van der Waals surface area contributed by atoms with Gasteiger partial charge in [0.2, 0.25) is 29.5 Å². The van der Waals surface area contributed by atoms with Crippen LogP contribution in [-0.2, 0) is 24.0 Å². The summed E-state index contributed by atoms with van der Waals surface area (Å²) in [7, 11) is 0. The first kappa shape index (κ1) is 28.0. The smallest absolute Gasteiger partial charge is 0.277 e. The van der Waals surface area contributed by atoms with Crippen LogP contribution in [0.2, 0.25) is 0 Å². The minimum absolute atomic E-state index is 0.0794. The summed E-state index contributed by atoms with van der Waals surface area (Å²) in [5.74, 6) is -5.89. The molecular weight excluding hydrogens is 448 g/mol. The molecule has 3 atom stereocenters. The summed E-state index contributed by atoms with van der Waals surface area (Å²) < 4.78 is 0. The number of amides is 6. The number of nitrogens with two attached hydrogens (primary N) is 3. The first-order valence-corrected chi connectivity index (χ1v) is 10.4. The fourth-order valence-electron chi connectivity index (χ4n) is 2.97. The van der Waals surface area contributed by atoms with E-state index in [1.807, 2.05) is 0 Å². The van der Waals surface area contributed by atoms with Crippen molar-refractivity contribution in [1.29, 1.82) is 0 Å². The Morgan fingerprint density at radius 3 is 1.97 bits per heavy atom. The first-order chi connectivity index (χ1) is 15.8. The van der Waals surface area contributed by atoms with Crippen LogP contribution in [-0.4, -0.2) is 63.8 Å². The molecule has 0 aliphatic rings. The average molecular weight is 479 g/mol. The van der Waals surface area contributed by atoms with E-state index in [9.17, 15) is 34.0 Å². The molecule has 13 heteroatoms. The SMILES string of the molecule is CC(C)[C@H](NC(=O)[C@H](CCC(N)=O)N(O)C(=O)c1ccccc1)C(=O)N[C@@H](CC(N)=O)C(N)=O. The van der Waals surface area contributed by atoms with E-state index in [0.29, 0.717) is 0 Å². The van der Waals surface area contributed by atoms with Gasteiger partial charge in [0.1, 0.15) is 18.1 Å². The standard InChI is InChI=1S/C21H30N6O7/c1-11(2)17(20(32)25-13(18(24)30)10-16(23)29)26-19(31)14(8-9-15(22)28)27(34)21(33)12-6-4-3-5-7-12/h3-7,11,13-14,17,34H,8-10H2,1-2H3,(H2,22,28)(H2,23,29)(H2,24,30)(H,25,32)(H,26,31)/t13-,14-,17-/m0/s1. The van der Waals surface area contributed by atoms with E-state index >= 15 is 0 Å². The molecule has 186 valence electrons. The van der Waals surface area contributed by atoms with Crippen LogP contribution < -0.4 is 27.8 Å². The maximum Gasteiger partial charge on any atom is 0.277 e. The molecule has 0 saturated carbocycles. The minimum Gasteiger partial charge on any atom is -0.370 e. The molecule has 0 bridgehead atoms. The molecular formula is C21H30N6O7. The van der Waals surface area contributed by atoms with Crippen LogP contribution in [0.1, 0.15) is 43.5 Å². The number of hydroxylamine groups is 2. The van der Waals surface area contributed by atoms with E-state index in [4.69, 9.17) is 17.2 Å². The van der Waals surface area contributed by atoms with Crippen molar-refractivity contribution in [1.82, 2.24) is 15.7 Å². The number of carbonyl (C=O) groups is 6. The summed E-state index contributed by atoms with van der Waals surface area (Å²) in [4.78, 5) is 72.3. The Labute approximate surface area is 196 Å². The zero-order chi connectivity index (χ0) is 26.0. The normalized spacial score (nSPS) is 13.3. The third kappa shape index (κ3) is 8.50. The average Bonchev–Trinajstić information content (AvgIpc) is 2.76. The maximum atomic E-state index is 13.0. The van der Waals surface area contributed by atoms with Gasteiger partial charge in [-0.3, -0.25) is 34.0 Å². The van der Waals surface area contributed by atoms with E-state index < -0.39 is 65.9 Å². The van der Waals surface area contributed by atoms with Gasteiger partial charge < -0.3 is 27.8 Å². The van der Waals surface area contributed by atoms with Gasteiger partial charge >= 0.3 is 0 Å². The zero-order valence-corrected chi connectivity index (χ0v) is 18.9. The maximum absolute atomic E-state index is 13.0. The molecule has 0 aliphatic carbocycles. The predicted octanol–water partition coefficient (Wildman–Crippen LogP) is -1.86. The monoisotopic (exact) mass is 478 g/mol. The molecule has 1 aromatic carbocycles. The van der Waals surface area contributed by atoms with Gasteiger partial charge in [-0.1, -0.05) is 32.0 Å². The summed E-state index contributed by atoms with van der Waals surface area (Å²) >= 11 is 0. The molecule has 0 aliphatic heterocycles. The van der Waals surface area contributed by atoms with E-state index in [-0.39, 0.29) is 23.5 Å². The van der Waals surface area contributed by atoms with Crippen LogP contribution in [0.5, 0.6) is 0 Å². The Morgan fingerprint density at radius 2 is 1.50 bits per heavy atom. The highest BCUT2D eigenvalue weighted by Gasteiger charge is 2.34. The second-order valence-electron chi connectivity index (χ2n) is 7.90. The van der Waals surface area contributed by atoms with Crippen LogP contribution in [0.4, 0.5) is 0 Å². The number of hydrogen-bond acceptors (Lipinski definition) is 7. The second-order valence-corrected chi connectivity index (χ2v) is 7.90. The highest BCUT2D eigenvalue weighted by Crippen LogP contribution is 2.13. The number of primary amides is 3. The molecule has 0 saturated heterocycles. The van der Waals surface area contributed by atoms with Crippen molar-refractivity contribution in [2.45, 2.75) is 51.2 Å². The van der Waals surface area contributed by atoms with Gasteiger partial charge in [0, 0.05) is 12.0 Å². The molecule has 0 spiro atoms. The van der Waals surface area contributed by atoms with Crippen molar-refractivity contribution in [2.75, 3.05) is 0 Å². The van der Waals surface area contributed by atoms with Crippen LogP contribution in [0, 0.1) is 5.92 Å². The Morgan fingerprint density at radius 1 is 0.912 bits per heavy atom. The Kier molecular flexibility index (Phi) is 10.6. The molecule has 34 heavy (non-hydrogen) atoms. The molecule has 0 unspecified atom stereocenters. The van der Waals surface area contributed by atoms with Gasteiger partial charge in [0.15, 0.2) is 0 Å². The number of rotatable bonds is 13. The van der Waals surface area contributed by atoms with Crippen molar-refractivity contribution < 1.29 is 34.0 Å². The van der Waals surface area contributed by atoms with Crippen LogP contribution in [0.3, 0.4) is 0 Å². The van der Waals surface area contributed by atoms with Crippen LogP contribution in [0.25, 0.3) is 0 Å². The molecule has 1 aromatic rings. The van der Waals surface area contributed by atoms with Gasteiger partial charge in [-0.25, -0.2) is 5.06 Å². The Hall–Kier alpha value is -4.00. The minimum atomic E-state index is -1.56. The lowest BCUT2D eigenvalue weighted by molar-refractivity contribution is -0.146. The van der Waals surface area contributed by atoms with E-state index in [1.165, 1.54) is 12.1 Å². The van der Waals surface area contributed by atoms with E-state index in [0.717, 1.165) is 0 Å². The Balaban J connectivity index is 3.10. The lowest BCUT2D eigenvalue weighted by Crippen LogP contribution is -2.58. The lowest BCUT2D eigenvalue weighted by Gasteiger charge is -2.29. The number of hydrogen-bond donors (Lipinski definition) is 6. The summed E-state index contributed by atoms with van der Waals surface area (Å²) in [6.07, 6.45) is -1.20. The van der Waals surface area contributed by atoms with Crippen molar-refractivity contribution in [3.63, 3.8) is 0 Å². The quantitative estimate of drug-likeness (QED) is 0.140. The third-order valence-corrected chi connectivity index (χ3v) is 4.80. The van der Waals surface area contributed by atoms with Crippen molar-refractivity contribution in [2.24, 2.45) is 23.1 Å². The molecule has 13 nitrogen and oxygen atoms in total. The highest BCUT2D eigenvalue weighted by atomic mass is 16.5. The molecule has 0 fully saturated rings. The van der Waals surface area contributed by atoms with Crippen LogP contribution in [0.15, 0.2) is 30.3 Å². The molecule has 6 amide bonds. The number of nitrogens with one attached hydrogen (secondary N) is 2. The fourth-order valence-corrected chi connectivity index (χ4v) is 2.97. The van der Waals surface area contributed by atoms with Crippen molar-refractivity contribution in [3.05, 3.63) is 35.9 Å². The summed E-state index contributed by atoms with van der Waals surface area (Å²) in [5.41, 5.74) is 15.5. The van der Waals surface area contributed by atoms with E-state index in [1.54, 1.807) is 32.0 Å². The number of carbonyl (C=O) groups excluding carboxylic acids is 6. The molecule has 0 aromatic heterocycles. The number of nitrogens with zero attached hydrogens (tertiary/aromatic N) is 1. The zero-order valence-electron chi connectivity index (χ0n) is 18.9. The molecule has 0 radical (unpaired) electrons.